The summed E-state index contributed by atoms with van der Waals surface area (Å²) in [5.41, 5.74) is 7.87. The Balaban J connectivity index is 1.97. The van der Waals surface area contributed by atoms with Crippen LogP contribution in [0, 0.1) is 0 Å². The number of nitrogens with zero attached hydrogens (tertiary/aromatic N) is 1. The van der Waals surface area contributed by atoms with Gasteiger partial charge in [-0.2, -0.15) is 0 Å². The van der Waals surface area contributed by atoms with E-state index in [0.717, 1.165) is 27.8 Å². The molecular formula is C17H16N2O. The number of ether oxygens (including phenoxy) is 1. The summed E-state index contributed by atoms with van der Waals surface area (Å²) in [6.45, 7) is 2.03. The third kappa shape index (κ3) is 2.30. The Bertz CT molecular complexity index is 725. The van der Waals surface area contributed by atoms with Crippen molar-refractivity contribution in [3.05, 3.63) is 66.5 Å². The molecule has 0 amide bonds. The molecule has 1 aromatic heterocycles. The largest absolute Gasteiger partial charge is 0.485 e. The lowest BCUT2D eigenvalue weighted by atomic mass is 10.1. The lowest BCUT2D eigenvalue weighted by Crippen LogP contribution is -2.03. The van der Waals surface area contributed by atoms with Gasteiger partial charge in [-0.3, -0.25) is 4.98 Å². The van der Waals surface area contributed by atoms with Gasteiger partial charge in [-0.05, 0) is 36.8 Å². The molecule has 3 aromatic rings. The molecule has 0 saturated heterocycles. The SMILES string of the molecule is CC(Oc1cccc2c(N)cccc12)c1ccncc1. The van der Waals surface area contributed by atoms with Crippen molar-refractivity contribution in [2.75, 3.05) is 5.73 Å². The Morgan fingerprint density at radius 2 is 1.65 bits per heavy atom. The van der Waals surface area contributed by atoms with Gasteiger partial charge < -0.3 is 10.5 Å². The van der Waals surface area contributed by atoms with E-state index in [1.165, 1.54) is 0 Å². The highest BCUT2D eigenvalue weighted by Gasteiger charge is 2.10. The van der Waals surface area contributed by atoms with Crippen LogP contribution >= 0.6 is 0 Å². The van der Waals surface area contributed by atoms with Gasteiger partial charge in [-0.15, -0.1) is 0 Å². The lowest BCUT2D eigenvalue weighted by Gasteiger charge is -2.17. The molecule has 3 nitrogen and oxygen atoms in total. The highest BCUT2D eigenvalue weighted by molar-refractivity contribution is 5.96. The fourth-order valence-corrected chi connectivity index (χ4v) is 2.30. The number of nitrogens with two attached hydrogens (primary N) is 1. The molecule has 1 atom stereocenters. The molecule has 0 aliphatic carbocycles. The van der Waals surface area contributed by atoms with E-state index in [1.54, 1.807) is 12.4 Å². The van der Waals surface area contributed by atoms with Crippen LogP contribution in [-0.4, -0.2) is 4.98 Å². The average molecular weight is 264 g/mol. The Hall–Kier alpha value is -2.55. The minimum absolute atomic E-state index is 0.0370. The molecule has 100 valence electrons. The Labute approximate surface area is 118 Å². The zero-order valence-electron chi connectivity index (χ0n) is 11.3. The first-order valence-electron chi connectivity index (χ1n) is 6.59. The average Bonchev–Trinajstić information content (AvgIpc) is 2.49. The lowest BCUT2D eigenvalue weighted by molar-refractivity contribution is 0.230. The molecule has 0 aliphatic rings. The summed E-state index contributed by atoms with van der Waals surface area (Å²) in [5.74, 6) is 0.846. The van der Waals surface area contributed by atoms with Gasteiger partial charge in [0.15, 0.2) is 0 Å². The predicted molar refractivity (Wildman–Crippen MR) is 81.6 cm³/mol. The van der Waals surface area contributed by atoms with Crippen molar-refractivity contribution in [3.8, 4) is 5.75 Å². The van der Waals surface area contributed by atoms with E-state index in [9.17, 15) is 0 Å². The molecule has 2 N–H and O–H groups in total. The van der Waals surface area contributed by atoms with Crippen LogP contribution in [0.25, 0.3) is 10.8 Å². The zero-order chi connectivity index (χ0) is 13.9. The second-order valence-corrected chi connectivity index (χ2v) is 4.74. The second-order valence-electron chi connectivity index (χ2n) is 4.74. The van der Waals surface area contributed by atoms with Gasteiger partial charge in [0, 0.05) is 28.9 Å². The number of nitrogen functional groups attached to an aromatic ring is 1. The molecular weight excluding hydrogens is 248 g/mol. The van der Waals surface area contributed by atoms with Crippen LogP contribution in [0.5, 0.6) is 5.75 Å². The van der Waals surface area contributed by atoms with E-state index >= 15 is 0 Å². The zero-order valence-corrected chi connectivity index (χ0v) is 11.3. The van der Waals surface area contributed by atoms with Crippen LogP contribution in [0.15, 0.2) is 60.9 Å². The van der Waals surface area contributed by atoms with E-state index in [2.05, 4.69) is 4.98 Å². The summed E-state index contributed by atoms with van der Waals surface area (Å²) < 4.78 is 6.09. The van der Waals surface area contributed by atoms with Gasteiger partial charge in [-0.1, -0.05) is 24.3 Å². The Morgan fingerprint density at radius 3 is 2.45 bits per heavy atom. The topological polar surface area (TPSA) is 48.1 Å². The molecule has 0 spiro atoms. The fourth-order valence-electron chi connectivity index (χ4n) is 2.30. The van der Waals surface area contributed by atoms with Crippen LogP contribution in [0.4, 0.5) is 5.69 Å². The van der Waals surface area contributed by atoms with Crippen molar-refractivity contribution < 1.29 is 4.74 Å². The highest BCUT2D eigenvalue weighted by atomic mass is 16.5. The number of aromatic nitrogens is 1. The molecule has 0 saturated carbocycles. The Kier molecular flexibility index (Phi) is 3.25. The minimum atomic E-state index is -0.0370. The fraction of sp³-hybridized carbons (Fsp3) is 0.118. The third-order valence-corrected chi connectivity index (χ3v) is 3.40. The summed E-state index contributed by atoms with van der Waals surface area (Å²) >= 11 is 0. The van der Waals surface area contributed by atoms with E-state index in [1.807, 2.05) is 55.5 Å². The van der Waals surface area contributed by atoms with Crippen LogP contribution in [0.2, 0.25) is 0 Å². The number of anilines is 1. The van der Waals surface area contributed by atoms with Gasteiger partial charge in [0.05, 0.1) is 0 Å². The molecule has 1 heterocycles. The molecule has 0 radical (unpaired) electrons. The first-order chi connectivity index (χ1) is 9.75. The standard InChI is InChI=1S/C17H16N2O/c1-12(13-8-10-19-11-9-13)20-17-7-3-4-14-15(17)5-2-6-16(14)18/h2-12H,18H2,1H3. The van der Waals surface area contributed by atoms with E-state index < -0.39 is 0 Å². The van der Waals surface area contributed by atoms with Crippen molar-refractivity contribution in [2.24, 2.45) is 0 Å². The monoisotopic (exact) mass is 264 g/mol. The Morgan fingerprint density at radius 1 is 0.950 bits per heavy atom. The summed E-state index contributed by atoms with van der Waals surface area (Å²) in [6.07, 6.45) is 3.51. The van der Waals surface area contributed by atoms with E-state index in [-0.39, 0.29) is 6.10 Å². The summed E-state index contributed by atoms with van der Waals surface area (Å²) in [4.78, 5) is 4.02. The first-order valence-corrected chi connectivity index (χ1v) is 6.59. The van der Waals surface area contributed by atoms with Gasteiger partial charge >= 0.3 is 0 Å². The number of hydrogen-bond acceptors (Lipinski definition) is 3. The number of benzene rings is 2. The van der Waals surface area contributed by atoms with Crippen molar-refractivity contribution in [1.82, 2.24) is 4.98 Å². The van der Waals surface area contributed by atoms with E-state index in [4.69, 9.17) is 10.5 Å². The molecule has 0 aliphatic heterocycles. The summed E-state index contributed by atoms with van der Waals surface area (Å²) in [7, 11) is 0. The van der Waals surface area contributed by atoms with Crippen molar-refractivity contribution in [2.45, 2.75) is 13.0 Å². The van der Waals surface area contributed by atoms with E-state index in [0.29, 0.717) is 0 Å². The van der Waals surface area contributed by atoms with Crippen molar-refractivity contribution in [1.29, 1.82) is 0 Å². The van der Waals surface area contributed by atoms with Crippen LogP contribution < -0.4 is 10.5 Å². The maximum Gasteiger partial charge on any atom is 0.128 e. The van der Waals surface area contributed by atoms with Gasteiger partial charge in [-0.25, -0.2) is 0 Å². The van der Waals surface area contributed by atoms with Crippen LogP contribution in [0.3, 0.4) is 0 Å². The van der Waals surface area contributed by atoms with Gasteiger partial charge in [0.25, 0.3) is 0 Å². The minimum Gasteiger partial charge on any atom is -0.485 e. The first kappa shape index (κ1) is 12.5. The van der Waals surface area contributed by atoms with Crippen LogP contribution in [0.1, 0.15) is 18.6 Å². The van der Waals surface area contributed by atoms with Gasteiger partial charge in [0.1, 0.15) is 11.9 Å². The highest BCUT2D eigenvalue weighted by Crippen LogP contribution is 2.32. The quantitative estimate of drug-likeness (QED) is 0.728. The number of fused-ring (bicyclic) bond motifs is 1. The maximum absolute atomic E-state index is 6.09. The molecule has 3 rings (SSSR count). The van der Waals surface area contributed by atoms with Crippen molar-refractivity contribution >= 4 is 16.5 Å². The molecule has 0 fully saturated rings. The second kappa shape index (κ2) is 5.21. The molecule has 3 heteroatoms. The summed E-state index contributed by atoms with van der Waals surface area (Å²) in [6, 6.07) is 15.7. The number of pyridine rings is 1. The third-order valence-electron chi connectivity index (χ3n) is 3.40. The maximum atomic E-state index is 6.09. The predicted octanol–water partition coefficient (Wildman–Crippen LogP) is 3.96. The smallest absolute Gasteiger partial charge is 0.128 e. The summed E-state index contributed by atoms with van der Waals surface area (Å²) in [5, 5.41) is 2.06. The number of rotatable bonds is 3. The van der Waals surface area contributed by atoms with Crippen LogP contribution in [-0.2, 0) is 0 Å². The molecule has 1 unspecified atom stereocenters. The molecule has 2 aromatic carbocycles. The molecule has 0 bridgehead atoms. The number of hydrogen-bond donors (Lipinski definition) is 1. The van der Waals surface area contributed by atoms with Gasteiger partial charge in [0.2, 0.25) is 0 Å². The van der Waals surface area contributed by atoms with Crippen molar-refractivity contribution in [3.63, 3.8) is 0 Å². The normalized spacial score (nSPS) is 12.2. The molecule has 20 heavy (non-hydrogen) atoms.